The molecular formula is C12H11ClO. The van der Waals surface area contributed by atoms with E-state index in [1.807, 2.05) is 30.3 Å². The molecule has 0 amide bonds. The molecule has 0 bridgehead atoms. The molecule has 0 N–H and O–H groups in total. The lowest BCUT2D eigenvalue weighted by Crippen LogP contribution is -2.08. The number of hydrogen-bond acceptors (Lipinski definition) is 1. The Morgan fingerprint density at radius 2 is 2.21 bits per heavy atom. The Morgan fingerprint density at radius 3 is 2.93 bits per heavy atom. The zero-order valence-electron chi connectivity index (χ0n) is 7.74. The molecule has 1 aliphatic rings. The fourth-order valence-corrected chi connectivity index (χ4v) is 1.97. The Balaban J connectivity index is 2.23. The first-order valence-corrected chi connectivity index (χ1v) is 5.08. The Hall–Kier alpha value is -1.08. The minimum atomic E-state index is 0.209. The van der Waals surface area contributed by atoms with Crippen molar-refractivity contribution in [2.45, 2.75) is 18.8 Å². The van der Waals surface area contributed by atoms with Crippen LogP contribution in [0.25, 0.3) is 0 Å². The monoisotopic (exact) mass is 206 g/mol. The number of benzene rings is 1. The quantitative estimate of drug-likeness (QED) is 0.689. The maximum atomic E-state index is 11.2. The predicted molar refractivity (Wildman–Crippen MR) is 57.6 cm³/mol. The summed E-state index contributed by atoms with van der Waals surface area (Å²) >= 11 is 5.90. The van der Waals surface area contributed by atoms with Crippen LogP contribution in [-0.2, 0) is 4.79 Å². The lowest BCUT2D eigenvalue weighted by Gasteiger charge is -2.17. The third-order valence-corrected chi connectivity index (χ3v) is 2.73. The Bertz CT molecular complexity index is 382. The minimum absolute atomic E-state index is 0.209. The fraction of sp³-hybridized carbons (Fsp3) is 0.250. The van der Waals surface area contributed by atoms with Crippen LogP contribution in [0.4, 0.5) is 0 Å². The maximum absolute atomic E-state index is 11.2. The second kappa shape index (κ2) is 3.97. The zero-order chi connectivity index (χ0) is 9.97. The van der Waals surface area contributed by atoms with Crippen molar-refractivity contribution in [3.8, 4) is 0 Å². The van der Waals surface area contributed by atoms with Crippen molar-refractivity contribution in [1.82, 2.24) is 0 Å². The summed E-state index contributed by atoms with van der Waals surface area (Å²) in [5.74, 6) is 0.521. The summed E-state index contributed by atoms with van der Waals surface area (Å²) in [6.07, 6.45) is 5.15. The second-order valence-corrected chi connectivity index (χ2v) is 4.00. The van der Waals surface area contributed by atoms with Gasteiger partial charge < -0.3 is 0 Å². The number of carbonyl (C=O) groups is 1. The summed E-state index contributed by atoms with van der Waals surface area (Å²) in [6.45, 7) is 0. The van der Waals surface area contributed by atoms with Gasteiger partial charge in [-0.1, -0.05) is 29.8 Å². The van der Waals surface area contributed by atoms with Crippen molar-refractivity contribution in [3.63, 3.8) is 0 Å². The number of carbonyl (C=O) groups excluding carboxylic acids is 1. The van der Waals surface area contributed by atoms with Crippen LogP contribution in [-0.4, -0.2) is 5.78 Å². The molecular weight excluding hydrogens is 196 g/mol. The second-order valence-electron chi connectivity index (χ2n) is 3.56. The molecule has 1 atom stereocenters. The molecule has 2 heteroatoms. The van der Waals surface area contributed by atoms with E-state index in [0.29, 0.717) is 12.3 Å². The van der Waals surface area contributed by atoms with E-state index in [2.05, 4.69) is 0 Å². The first kappa shape index (κ1) is 9.47. The van der Waals surface area contributed by atoms with E-state index < -0.39 is 0 Å². The van der Waals surface area contributed by atoms with Crippen LogP contribution in [0.5, 0.6) is 0 Å². The normalized spacial score (nSPS) is 21.2. The van der Waals surface area contributed by atoms with Gasteiger partial charge in [-0.25, -0.2) is 0 Å². The van der Waals surface area contributed by atoms with E-state index >= 15 is 0 Å². The van der Waals surface area contributed by atoms with Gasteiger partial charge in [0.1, 0.15) is 0 Å². The Kier molecular flexibility index (Phi) is 2.69. The molecule has 0 aliphatic heterocycles. The number of hydrogen-bond donors (Lipinski definition) is 0. The van der Waals surface area contributed by atoms with E-state index in [1.165, 1.54) is 0 Å². The number of ketones is 1. The van der Waals surface area contributed by atoms with Crippen LogP contribution in [0.1, 0.15) is 24.3 Å². The fourth-order valence-electron chi connectivity index (χ4n) is 1.77. The van der Waals surface area contributed by atoms with Crippen molar-refractivity contribution in [1.29, 1.82) is 0 Å². The molecule has 0 saturated heterocycles. The molecule has 1 nitrogen and oxygen atoms in total. The molecule has 2 rings (SSSR count). The largest absolute Gasteiger partial charge is 0.295 e. The summed E-state index contributed by atoms with van der Waals surface area (Å²) in [7, 11) is 0. The lowest BCUT2D eigenvalue weighted by atomic mass is 9.87. The first-order valence-electron chi connectivity index (χ1n) is 4.70. The van der Waals surface area contributed by atoms with Crippen molar-refractivity contribution in [2.24, 2.45) is 0 Å². The third kappa shape index (κ3) is 2.05. The van der Waals surface area contributed by atoms with Crippen LogP contribution in [0.2, 0.25) is 5.02 Å². The highest BCUT2D eigenvalue weighted by molar-refractivity contribution is 6.30. The molecule has 1 aromatic carbocycles. The van der Waals surface area contributed by atoms with Crippen LogP contribution < -0.4 is 0 Å². The van der Waals surface area contributed by atoms with Crippen LogP contribution in [0, 0.1) is 0 Å². The smallest absolute Gasteiger partial charge is 0.155 e. The predicted octanol–water partition coefficient (Wildman–Crippen LogP) is 3.34. The van der Waals surface area contributed by atoms with Gasteiger partial charge in [0.15, 0.2) is 5.78 Å². The molecule has 0 aromatic heterocycles. The van der Waals surface area contributed by atoms with Gasteiger partial charge in [0.25, 0.3) is 0 Å². The molecule has 14 heavy (non-hydrogen) atoms. The average molecular weight is 207 g/mol. The summed E-state index contributed by atoms with van der Waals surface area (Å²) in [5.41, 5.74) is 1.16. The van der Waals surface area contributed by atoms with Gasteiger partial charge in [0.05, 0.1) is 0 Å². The molecule has 0 unspecified atom stereocenters. The molecule has 0 saturated carbocycles. The highest BCUT2D eigenvalue weighted by atomic mass is 35.5. The van der Waals surface area contributed by atoms with E-state index in [9.17, 15) is 4.79 Å². The van der Waals surface area contributed by atoms with Gasteiger partial charge in [-0.3, -0.25) is 4.79 Å². The van der Waals surface area contributed by atoms with Crippen molar-refractivity contribution >= 4 is 17.4 Å². The van der Waals surface area contributed by atoms with Gasteiger partial charge >= 0.3 is 0 Å². The molecule has 0 spiro atoms. The number of rotatable bonds is 1. The van der Waals surface area contributed by atoms with Gasteiger partial charge in [0.2, 0.25) is 0 Å². The Morgan fingerprint density at radius 1 is 1.36 bits per heavy atom. The zero-order valence-corrected chi connectivity index (χ0v) is 8.50. The highest BCUT2D eigenvalue weighted by Crippen LogP contribution is 2.28. The van der Waals surface area contributed by atoms with Crippen LogP contribution in [0.15, 0.2) is 36.4 Å². The van der Waals surface area contributed by atoms with Gasteiger partial charge in [-0.2, -0.15) is 0 Å². The molecule has 1 aromatic rings. The van der Waals surface area contributed by atoms with Crippen molar-refractivity contribution in [3.05, 3.63) is 47.0 Å². The first-order chi connectivity index (χ1) is 6.75. The average Bonchev–Trinajstić information content (AvgIpc) is 2.18. The van der Waals surface area contributed by atoms with Crippen molar-refractivity contribution in [2.75, 3.05) is 0 Å². The van der Waals surface area contributed by atoms with Gasteiger partial charge in [-0.15, -0.1) is 0 Å². The highest BCUT2D eigenvalue weighted by Gasteiger charge is 2.16. The molecule has 1 aliphatic carbocycles. The van der Waals surface area contributed by atoms with E-state index in [1.54, 1.807) is 6.08 Å². The van der Waals surface area contributed by atoms with Gasteiger partial charge in [-0.05, 0) is 36.1 Å². The van der Waals surface area contributed by atoms with E-state index in [-0.39, 0.29) is 5.78 Å². The van der Waals surface area contributed by atoms with Crippen LogP contribution >= 0.6 is 11.6 Å². The maximum Gasteiger partial charge on any atom is 0.155 e. The lowest BCUT2D eigenvalue weighted by molar-refractivity contribution is -0.115. The topological polar surface area (TPSA) is 17.1 Å². The van der Waals surface area contributed by atoms with Gasteiger partial charge in [0, 0.05) is 11.4 Å². The summed E-state index contributed by atoms with van der Waals surface area (Å²) in [4.78, 5) is 11.2. The molecule has 72 valence electrons. The third-order valence-electron chi connectivity index (χ3n) is 2.49. The van der Waals surface area contributed by atoms with Crippen LogP contribution in [0.3, 0.4) is 0 Å². The summed E-state index contributed by atoms with van der Waals surface area (Å²) in [6, 6.07) is 7.76. The standard InChI is InChI=1S/C12H11ClO/c13-11-5-1-3-9(7-11)10-4-2-6-12(14)8-10/h1-3,5-7,10H,4,8H2/t10-/m0/s1. The number of allylic oxidation sites excluding steroid dienone is 2. The number of halogens is 1. The summed E-state index contributed by atoms with van der Waals surface area (Å²) in [5, 5.41) is 0.740. The van der Waals surface area contributed by atoms with E-state index in [0.717, 1.165) is 17.0 Å². The molecule has 0 radical (unpaired) electrons. The van der Waals surface area contributed by atoms with Crippen molar-refractivity contribution < 1.29 is 4.79 Å². The van der Waals surface area contributed by atoms with E-state index in [4.69, 9.17) is 11.6 Å². The minimum Gasteiger partial charge on any atom is -0.295 e. The Labute approximate surface area is 88.4 Å². The molecule has 0 fully saturated rings. The molecule has 0 heterocycles. The SMILES string of the molecule is O=C1C=CC[C@H](c2cccc(Cl)c2)C1. The summed E-state index contributed by atoms with van der Waals surface area (Å²) < 4.78 is 0.